The monoisotopic (exact) mass is 145 g/mol. The second-order valence-corrected chi connectivity index (χ2v) is 3.34. The van der Waals surface area contributed by atoms with Crippen molar-refractivity contribution in [1.82, 2.24) is 16.0 Å². The average Bonchev–Trinajstić information content (AvgIpc) is 2.39. The van der Waals surface area contributed by atoms with Gasteiger partial charge in [-0.15, -0.1) is 0 Å². The maximum absolute atomic E-state index is 3.50. The van der Waals surface area contributed by atoms with Crippen molar-refractivity contribution in [2.45, 2.75) is 18.4 Å². The summed E-state index contributed by atoms with van der Waals surface area (Å²) in [6, 6.07) is 0. The van der Waals surface area contributed by atoms with Crippen LogP contribution < -0.4 is 16.0 Å². The van der Waals surface area contributed by atoms with E-state index in [1.54, 1.807) is 0 Å². The molecular weight excluding hydrogens is 126 g/mol. The first-order valence-electron chi connectivity index (χ1n) is 4.08. The third-order valence-electron chi connectivity index (χ3n) is 2.52. The first kappa shape index (κ1) is 6.58. The van der Waals surface area contributed by atoms with E-state index in [4.69, 9.17) is 0 Å². The second-order valence-electron chi connectivity index (χ2n) is 3.34. The number of hydrogen-bond acceptors (Lipinski definition) is 3. The van der Waals surface area contributed by atoms with Crippen molar-refractivity contribution in [3.8, 4) is 0 Å². The fraction of sp³-hybridized carbons (Fsp3) is 1.00. The van der Waals surface area contributed by atoms with Crippen molar-refractivity contribution >= 4 is 0 Å². The minimum absolute atomic E-state index is 0. The third kappa shape index (κ3) is 1.05. The Balaban J connectivity index is 0.000000605. The first-order chi connectivity index (χ1) is 4.91. The molecule has 0 bridgehead atoms. The molecule has 1 atom stereocenters. The van der Waals surface area contributed by atoms with Crippen LogP contribution in [0.1, 0.15) is 15.7 Å². The van der Waals surface area contributed by atoms with E-state index >= 15 is 0 Å². The van der Waals surface area contributed by atoms with Crippen LogP contribution in [-0.4, -0.2) is 31.8 Å². The molecule has 62 valence electrons. The highest BCUT2D eigenvalue weighted by molar-refractivity contribution is 4.98. The fourth-order valence-corrected chi connectivity index (χ4v) is 1.88. The van der Waals surface area contributed by atoms with E-state index in [-0.39, 0.29) is 2.85 Å². The molecule has 3 N–H and O–H groups in total. The van der Waals surface area contributed by atoms with Gasteiger partial charge < -0.3 is 10.6 Å². The van der Waals surface area contributed by atoms with Crippen molar-refractivity contribution in [3.05, 3.63) is 0 Å². The van der Waals surface area contributed by atoms with E-state index in [2.05, 4.69) is 16.0 Å². The lowest BCUT2D eigenvalue weighted by molar-refractivity contribution is 0.298. The molecule has 1 spiro atoms. The predicted octanol–water partition coefficient (Wildman–Crippen LogP) is -0.249. The number of nitrogens with one attached hydrogen (secondary N) is 3. The molecular formula is C7H19N3. The van der Waals surface area contributed by atoms with E-state index in [1.165, 1.54) is 19.4 Å². The zero-order valence-electron chi connectivity index (χ0n) is 6.24. The Labute approximate surface area is 64.5 Å². The van der Waals surface area contributed by atoms with Crippen LogP contribution in [0.15, 0.2) is 0 Å². The van der Waals surface area contributed by atoms with Gasteiger partial charge in [-0.25, -0.2) is 0 Å². The van der Waals surface area contributed by atoms with Crippen molar-refractivity contribution in [1.29, 1.82) is 0 Å². The Hall–Kier alpha value is -0.120. The Bertz CT molecular complexity index is 118. The van der Waals surface area contributed by atoms with Gasteiger partial charge in [0.05, 0.1) is 0 Å². The maximum atomic E-state index is 3.50. The summed E-state index contributed by atoms with van der Waals surface area (Å²) in [5.41, 5.74) is 0.401. The Kier molecular flexibility index (Phi) is 1.64. The Morgan fingerprint density at radius 1 is 1.20 bits per heavy atom. The van der Waals surface area contributed by atoms with Crippen molar-refractivity contribution < 1.29 is 2.85 Å². The zero-order chi connectivity index (χ0) is 6.86. The highest BCUT2D eigenvalue weighted by Crippen LogP contribution is 2.16. The zero-order valence-corrected chi connectivity index (χ0v) is 6.24. The molecule has 0 aromatic heterocycles. The maximum Gasteiger partial charge on any atom is 0.0460 e. The normalized spacial score (nSPS) is 40.8. The summed E-state index contributed by atoms with van der Waals surface area (Å²) in [5.74, 6) is 0. The smallest absolute Gasteiger partial charge is 0.0460 e. The first-order valence-corrected chi connectivity index (χ1v) is 4.08. The van der Waals surface area contributed by atoms with Gasteiger partial charge in [0.25, 0.3) is 0 Å². The number of hydrogen-bond donors (Lipinski definition) is 3. The van der Waals surface area contributed by atoms with Crippen molar-refractivity contribution in [2.75, 3.05) is 26.3 Å². The lowest BCUT2D eigenvalue weighted by Gasteiger charge is -2.33. The molecule has 10 heavy (non-hydrogen) atoms. The molecule has 0 aromatic rings. The molecule has 2 rings (SSSR count). The highest BCUT2D eigenvalue weighted by Gasteiger charge is 2.33. The summed E-state index contributed by atoms with van der Waals surface area (Å²) < 4.78 is 0. The lowest BCUT2D eigenvalue weighted by atomic mass is 9.91. The van der Waals surface area contributed by atoms with E-state index in [0.29, 0.717) is 5.54 Å². The summed E-state index contributed by atoms with van der Waals surface area (Å²) in [6.45, 7) is 4.46. The topological polar surface area (TPSA) is 36.1 Å². The SMILES string of the molecule is C1CNCC2(C1)CNCN2.[HH].[HH]. The fourth-order valence-electron chi connectivity index (χ4n) is 1.88. The van der Waals surface area contributed by atoms with Crippen LogP contribution in [0.5, 0.6) is 0 Å². The molecule has 0 saturated carbocycles. The second kappa shape index (κ2) is 2.49. The highest BCUT2D eigenvalue weighted by atomic mass is 15.2. The van der Waals surface area contributed by atoms with Crippen LogP contribution in [0.2, 0.25) is 0 Å². The van der Waals surface area contributed by atoms with E-state index in [9.17, 15) is 0 Å². The van der Waals surface area contributed by atoms with E-state index in [0.717, 1.165) is 19.8 Å². The molecule has 0 aliphatic carbocycles. The largest absolute Gasteiger partial charge is 0.315 e. The number of rotatable bonds is 0. The van der Waals surface area contributed by atoms with Crippen LogP contribution >= 0.6 is 0 Å². The van der Waals surface area contributed by atoms with Crippen LogP contribution in [0.4, 0.5) is 0 Å². The van der Waals surface area contributed by atoms with Crippen LogP contribution in [0.25, 0.3) is 0 Å². The van der Waals surface area contributed by atoms with Gasteiger partial charge in [-0.2, -0.15) is 0 Å². The summed E-state index contributed by atoms with van der Waals surface area (Å²) in [4.78, 5) is 0. The molecule has 2 heterocycles. The molecule has 2 aliphatic heterocycles. The molecule has 2 saturated heterocycles. The molecule has 1 unspecified atom stereocenters. The van der Waals surface area contributed by atoms with Gasteiger partial charge in [-0.1, -0.05) is 0 Å². The van der Waals surface area contributed by atoms with Gasteiger partial charge in [0.1, 0.15) is 0 Å². The van der Waals surface area contributed by atoms with Crippen LogP contribution in [0, 0.1) is 0 Å². The molecule has 2 aliphatic rings. The lowest BCUT2D eigenvalue weighted by Crippen LogP contribution is -2.54. The molecule has 0 aromatic carbocycles. The molecule has 2 fully saturated rings. The van der Waals surface area contributed by atoms with Crippen LogP contribution in [-0.2, 0) is 0 Å². The molecule has 0 radical (unpaired) electrons. The molecule has 3 nitrogen and oxygen atoms in total. The summed E-state index contributed by atoms with van der Waals surface area (Å²) >= 11 is 0. The van der Waals surface area contributed by atoms with E-state index < -0.39 is 0 Å². The van der Waals surface area contributed by atoms with Gasteiger partial charge in [-0.3, -0.25) is 5.32 Å². The van der Waals surface area contributed by atoms with Gasteiger partial charge in [0.2, 0.25) is 0 Å². The minimum atomic E-state index is 0. The van der Waals surface area contributed by atoms with E-state index in [1.807, 2.05) is 0 Å². The van der Waals surface area contributed by atoms with Crippen molar-refractivity contribution in [3.63, 3.8) is 0 Å². The van der Waals surface area contributed by atoms with Crippen molar-refractivity contribution in [2.24, 2.45) is 0 Å². The van der Waals surface area contributed by atoms with Gasteiger partial charge in [0.15, 0.2) is 0 Å². The standard InChI is InChI=1S/C7H15N3.2H2/c1-2-7(4-8-3-1)5-9-6-10-7;;/h8-10H,1-6H2;2*1H. The summed E-state index contributed by atoms with van der Waals surface area (Å²) in [5, 5.41) is 10.2. The van der Waals surface area contributed by atoms with Gasteiger partial charge >= 0.3 is 0 Å². The minimum Gasteiger partial charge on any atom is -0.315 e. The van der Waals surface area contributed by atoms with Crippen LogP contribution in [0.3, 0.4) is 0 Å². The molecule has 0 amide bonds. The van der Waals surface area contributed by atoms with Gasteiger partial charge in [-0.05, 0) is 19.4 Å². The third-order valence-corrected chi connectivity index (χ3v) is 2.52. The quantitative estimate of drug-likeness (QED) is 0.440. The van der Waals surface area contributed by atoms with Gasteiger partial charge in [0, 0.05) is 28.2 Å². The summed E-state index contributed by atoms with van der Waals surface area (Å²) in [7, 11) is 0. The average molecular weight is 145 g/mol. The predicted molar refractivity (Wildman–Crippen MR) is 45.1 cm³/mol. The Morgan fingerprint density at radius 3 is 2.70 bits per heavy atom. The molecule has 3 heteroatoms. The summed E-state index contributed by atoms with van der Waals surface area (Å²) in [6.07, 6.45) is 2.64. The number of piperidine rings is 1. The Morgan fingerprint density at radius 2 is 2.10 bits per heavy atom.